The summed E-state index contributed by atoms with van der Waals surface area (Å²) in [6, 6.07) is 8.50. The van der Waals surface area contributed by atoms with Gasteiger partial charge in [0.15, 0.2) is 0 Å². The summed E-state index contributed by atoms with van der Waals surface area (Å²) in [6.45, 7) is 3.27. The summed E-state index contributed by atoms with van der Waals surface area (Å²) in [6.07, 6.45) is -0.550. The number of hydrogen-bond donors (Lipinski definition) is 1. The van der Waals surface area contributed by atoms with Gasteiger partial charge in [-0.25, -0.2) is 9.59 Å². The highest BCUT2D eigenvalue weighted by Crippen LogP contribution is 2.44. The minimum atomic E-state index is -0.935. The van der Waals surface area contributed by atoms with Crippen LogP contribution in [0.25, 0.3) is 0 Å². The van der Waals surface area contributed by atoms with Crippen LogP contribution in [0.4, 0.5) is 4.79 Å². The molecule has 0 spiro atoms. The van der Waals surface area contributed by atoms with Crippen molar-refractivity contribution in [3.05, 3.63) is 67.5 Å². The molecular formula is C21H18BrN3O6. The van der Waals surface area contributed by atoms with Gasteiger partial charge in [-0.15, -0.1) is 0 Å². The Kier molecular flexibility index (Phi) is 5.71. The molecule has 2 N–H and O–H groups in total. The first-order valence-corrected chi connectivity index (χ1v) is 10.2. The van der Waals surface area contributed by atoms with Gasteiger partial charge in [0.1, 0.15) is 28.9 Å². The van der Waals surface area contributed by atoms with Gasteiger partial charge in [0, 0.05) is 29.2 Å². The van der Waals surface area contributed by atoms with Crippen molar-refractivity contribution in [1.29, 1.82) is 5.26 Å². The van der Waals surface area contributed by atoms with Crippen LogP contribution in [0.1, 0.15) is 22.8 Å². The lowest BCUT2D eigenvalue weighted by Gasteiger charge is -2.28. The first kappa shape index (κ1) is 21.0. The van der Waals surface area contributed by atoms with Crippen molar-refractivity contribution in [2.24, 2.45) is 5.73 Å². The molecule has 0 radical (unpaired) electrons. The number of aryl methyl sites for hydroxylation is 1. The summed E-state index contributed by atoms with van der Waals surface area (Å²) in [4.78, 5) is 27.0. The van der Waals surface area contributed by atoms with Gasteiger partial charge in [-0.05, 0) is 25.1 Å². The van der Waals surface area contributed by atoms with Gasteiger partial charge in [-0.2, -0.15) is 5.26 Å². The highest BCUT2D eigenvalue weighted by atomic mass is 79.9. The number of hydrogen-bond acceptors (Lipinski definition) is 8. The summed E-state index contributed by atoms with van der Waals surface area (Å²) >= 11 is 3.40. The number of allylic oxidation sites excluding steroid dienone is 1. The lowest BCUT2D eigenvalue weighted by atomic mass is 9.84. The molecule has 1 amide bonds. The summed E-state index contributed by atoms with van der Waals surface area (Å²) in [5.74, 6) is -0.339. The molecule has 0 unspecified atom stereocenters. The molecular weight excluding hydrogens is 470 g/mol. The Morgan fingerprint density at radius 3 is 2.77 bits per heavy atom. The van der Waals surface area contributed by atoms with Crippen molar-refractivity contribution in [3.63, 3.8) is 0 Å². The van der Waals surface area contributed by atoms with Gasteiger partial charge in [-0.3, -0.25) is 0 Å². The van der Waals surface area contributed by atoms with Crippen LogP contribution in [-0.2, 0) is 4.74 Å². The molecule has 2 aliphatic rings. The first-order valence-electron chi connectivity index (χ1n) is 9.45. The van der Waals surface area contributed by atoms with Gasteiger partial charge in [0.25, 0.3) is 0 Å². The molecule has 1 atom stereocenters. The van der Waals surface area contributed by atoms with E-state index in [2.05, 4.69) is 15.9 Å². The van der Waals surface area contributed by atoms with Crippen LogP contribution >= 0.6 is 15.9 Å². The second kappa shape index (κ2) is 8.45. The number of nitrogens with zero attached hydrogens (tertiary/aromatic N) is 2. The number of nitriles is 1. The lowest BCUT2D eigenvalue weighted by Crippen LogP contribution is -2.42. The molecule has 0 aliphatic carbocycles. The van der Waals surface area contributed by atoms with Crippen molar-refractivity contribution >= 4 is 22.0 Å². The number of halogens is 1. The molecule has 1 aromatic carbocycles. The number of morpholine rings is 1. The standard InChI is InChI=1S/C21H18BrN3O6/c1-11-8-16-18(20(26)29-11)17(14(10-23)19(24)30-16)13-9-12(22)2-3-15(13)31-21(27)25-4-6-28-7-5-25/h2-3,8-9,17H,4-7,24H2,1H3/t17-/m0/s1. The maximum absolute atomic E-state index is 12.7. The average Bonchev–Trinajstić information content (AvgIpc) is 2.74. The highest BCUT2D eigenvalue weighted by molar-refractivity contribution is 9.10. The van der Waals surface area contributed by atoms with Gasteiger partial charge in [0.2, 0.25) is 5.88 Å². The lowest BCUT2D eigenvalue weighted by molar-refractivity contribution is 0.0415. The van der Waals surface area contributed by atoms with Gasteiger partial charge in [0.05, 0.1) is 24.7 Å². The number of amides is 1. The molecule has 4 rings (SSSR count). The second-order valence-corrected chi connectivity index (χ2v) is 7.91. The molecule has 9 nitrogen and oxygen atoms in total. The van der Waals surface area contributed by atoms with Crippen LogP contribution in [0.5, 0.6) is 11.5 Å². The van der Waals surface area contributed by atoms with E-state index in [0.717, 1.165) is 0 Å². The van der Waals surface area contributed by atoms with Crippen molar-refractivity contribution < 1.29 is 23.4 Å². The van der Waals surface area contributed by atoms with Crippen LogP contribution in [0, 0.1) is 18.3 Å². The summed E-state index contributed by atoms with van der Waals surface area (Å²) < 4.78 is 22.4. The number of benzene rings is 1. The van der Waals surface area contributed by atoms with Crippen molar-refractivity contribution in [2.75, 3.05) is 26.3 Å². The predicted octanol–water partition coefficient (Wildman–Crippen LogP) is 2.76. The summed E-state index contributed by atoms with van der Waals surface area (Å²) in [7, 11) is 0. The number of nitrogens with two attached hydrogens (primary N) is 1. The van der Waals surface area contributed by atoms with E-state index < -0.39 is 17.6 Å². The Hall–Kier alpha value is -3.29. The normalized spacial score (nSPS) is 18.1. The maximum Gasteiger partial charge on any atom is 0.415 e. The van der Waals surface area contributed by atoms with Gasteiger partial charge >= 0.3 is 11.7 Å². The highest BCUT2D eigenvalue weighted by Gasteiger charge is 2.36. The van der Waals surface area contributed by atoms with Crippen molar-refractivity contribution in [2.45, 2.75) is 12.8 Å². The molecule has 0 bridgehead atoms. The smallest absolute Gasteiger partial charge is 0.415 e. The van der Waals surface area contributed by atoms with Gasteiger partial charge < -0.3 is 29.3 Å². The fourth-order valence-electron chi connectivity index (χ4n) is 3.57. The Labute approximate surface area is 185 Å². The molecule has 1 saturated heterocycles. The van der Waals surface area contributed by atoms with Crippen LogP contribution < -0.4 is 20.8 Å². The van der Waals surface area contributed by atoms with Crippen LogP contribution in [0.3, 0.4) is 0 Å². The molecule has 1 fully saturated rings. The van der Waals surface area contributed by atoms with E-state index in [4.69, 9.17) is 24.4 Å². The van der Waals surface area contributed by atoms with E-state index in [1.54, 1.807) is 25.1 Å². The number of fused-ring (bicyclic) bond motifs is 1. The monoisotopic (exact) mass is 487 g/mol. The Balaban J connectivity index is 1.83. The van der Waals surface area contributed by atoms with Crippen LogP contribution in [0.15, 0.2) is 49.4 Å². The topological polar surface area (TPSA) is 128 Å². The molecule has 1 aromatic heterocycles. The Morgan fingerprint density at radius 2 is 2.06 bits per heavy atom. The average molecular weight is 488 g/mol. The van der Waals surface area contributed by atoms with Gasteiger partial charge in [-0.1, -0.05) is 15.9 Å². The quantitative estimate of drug-likeness (QED) is 0.684. The molecule has 160 valence electrons. The van der Waals surface area contributed by atoms with E-state index in [-0.39, 0.29) is 28.5 Å². The molecule has 2 aliphatic heterocycles. The minimum absolute atomic E-state index is 0.0189. The fourth-order valence-corrected chi connectivity index (χ4v) is 3.95. The van der Waals surface area contributed by atoms with E-state index in [0.29, 0.717) is 42.1 Å². The molecule has 2 aromatic rings. The van der Waals surface area contributed by atoms with Crippen LogP contribution in [0.2, 0.25) is 0 Å². The Morgan fingerprint density at radius 1 is 1.32 bits per heavy atom. The third-order valence-electron chi connectivity index (χ3n) is 5.01. The molecule has 10 heteroatoms. The first-order chi connectivity index (χ1) is 14.9. The zero-order chi connectivity index (χ0) is 22.1. The summed E-state index contributed by atoms with van der Waals surface area (Å²) in [5, 5.41) is 9.77. The molecule has 0 saturated carbocycles. The zero-order valence-electron chi connectivity index (χ0n) is 16.5. The SMILES string of the molecule is Cc1cc2c(c(=O)o1)[C@@H](c1cc(Br)ccc1OC(=O)N1CCOCC1)C(C#N)=C(N)O2. The van der Waals surface area contributed by atoms with E-state index in [1.807, 2.05) is 6.07 Å². The van der Waals surface area contributed by atoms with Crippen molar-refractivity contribution in [3.8, 4) is 17.6 Å². The molecule has 31 heavy (non-hydrogen) atoms. The zero-order valence-corrected chi connectivity index (χ0v) is 18.1. The second-order valence-electron chi connectivity index (χ2n) is 7.00. The number of carbonyl (C=O) groups is 1. The summed E-state index contributed by atoms with van der Waals surface area (Å²) in [5.41, 5.74) is 5.87. The molecule has 3 heterocycles. The predicted molar refractivity (Wildman–Crippen MR) is 112 cm³/mol. The van der Waals surface area contributed by atoms with E-state index in [1.165, 1.54) is 11.0 Å². The minimum Gasteiger partial charge on any atom is -0.440 e. The maximum atomic E-state index is 12.7. The number of ether oxygens (including phenoxy) is 3. The van der Waals surface area contributed by atoms with E-state index >= 15 is 0 Å². The fraction of sp³-hybridized carbons (Fsp3) is 0.286. The van der Waals surface area contributed by atoms with Crippen LogP contribution in [-0.4, -0.2) is 37.3 Å². The third kappa shape index (κ3) is 4.02. The van der Waals surface area contributed by atoms with E-state index in [9.17, 15) is 14.9 Å². The Bertz CT molecular complexity index is 1180. The number of rotatable bonds is 2. The third-order valence-corrected chi connectivity index (χ3v) is 5.50. The number of carbonyl (C=O) groups excluding carboxylic acids is 1. The largest absolute Gasteiger partial charge is 0.440 e. The van der Waals surface area contributed by atoms with Crippen molar-refractivity contribution in [1.82, 2.24) is 4.90 Å².